The summed E-state index contributed by atoms with van der Waals surface area (Å²) in [6.07, 6.45) is 2.19. The predicted molar refractivity (Wildman–Crippen MR) is 68.8 cm³/mol. The zero-order valence-corrected chi connectivity index (χ0v) is 10.2. The van der Waals surface area contributed by atoms with Crippen LogP contribution >= 0.6 is 0 Å². The van der Waals surface area contributed by atoms with E-state index in [0.29, 0.717) is 0 Å². The van der Waals surface area contributed by atoms with Crippen LogP contribution in [0.15, 0.2) is 18.2 Å². The van der Waals surface area contributed by atoms with Crippen LogP contribution in [0.5, 0.6) is 0 Å². The van der Waals surface area contributed by atoms with Crippen molar-refractivity contribution in [1.82, 2.24) is 15.3 Å². The molecule has 3 rings (SSSR count). The lowest BCUT2D eigenvalue weighted by Crippen LogP contribution is -2.38. The molecule has 1 aliphatic carbocycles. The second-order valence-corrected chi connectivity index (χ2v) is 5.05. The molecule has 4 heteroatoms. The molecular formula is C13H18N4. The number of hydrogen-bond donors (Lipinski definition) is 3. The molecule has 1 heterocycles. The van der Waals surface area contributed by atoms with Crippen molar-refractivity contribution in [3.63, 3.8) is 0 Å². The van der Waals surface area contributed by atoms with E-state index in [1.165, 1.54) is 5.56 Å². The van der Waals surface area contributed by atoms with Gasteiger partial charge in [0.1, 0.15) is 5.82 Å². The summed E-state index contributed by atoms with van der Waals surface area (Å²) in [5.74, 6) is 0.951. The van der Waals surface area contributed by atoms with Crippen LogP contribution in [0.1, 0.15) is 30.3 Å². The Hall–Kier alpha value is -1.39. The molecule has 1 aliphatic rings. The van der Waals surface area contributed by atoms with Gasteiger partial charge in [0.05, 0.1) is 17.1 Å². The van der Waals surface area contributed by atoms with Crippen molar-refractivity contribution >= 4 is 11.0 Å². The van der Waals surface area contributed by atoms with Gasteiger partial charge in [-0.1, -0.05) is 6.07 Å². The van der Waals surface area contributed by atoms with Gasteiger partial charge < -0.3 is 16.0 Å². The molecule has 0 spiro atoms. The van der Waals surface area contributed by atoms with Crippen LogP contribution in [-0.4, -0.2) is 22.6 Å². The molecule has 4 N–H and O–H groups in total. The molecule has 1 atom stereocenters. The summed E-state index contributed by atoms with van der Waals surface area (Å²) in [5, 5.41) is 3.33. The molecule has 1 saturated carbocycles. The van der Waals surface area contributed by atoms with Crippen molar-refractivity contribution in [2.45, 2.75) is 31.3 Å². The molecule has 1 fully saturated rings. The lowest BCUT2D eigenvalue weighted by atomic mass is 9.97. The zero-order chi connectivity index (χ0) is 12.0. The minimum absolute atomic E-state index is 0.0580. The smallest absolute Gasteiger partial charge is 0.104 e. The summed E-state index contributed by atoms with van der Waals surface area (Å²) in [7, 11) is 1.97. The van der Waals surface area contributed by atoms with Crippen LogP contribution in [0.2, 0.25) is 0 Å². The highest BCUT2D eigenvalue weighted by Gasteiger charge is 2.45. The number of aromatic nitrogens is 2. The monoisotopic (exact) mass is 230 g/mol. The Morgan fingerprint density at radius 2 is 2.24 bits per heavy atom. The highest BCUT2D eigenvalue weighted by Crippen LogP contribution is 2.43. The van der Waals surface area contributed by atoms with Gasteiger partial charge in [0.25, 0.3) is 0 Å². The molecule has 2 aromatic rings. The Labute approximate surface area is 101 Å². The Morgan fingerprint density at radius 3 is 2.88 bits per heavy atom. The number of benzene rings is 1. The van der Waals surface area contributed by atoms with E-state index < -0.39 is 0 Å². The standard InChI is InChI=1S/C13H18N4/c1-8-16-10-4-3-9(7-11(10)17-8)12(15-2)13(14)5-6-13/h3-4,7,12,15H,5-6,14H2,1-2H3,(H,16,17). The van der Waals surface area contributed by atoms with Gasteiger partial charge in [0.15, 0.2) is 0 Å². The number of nitrogens with zero attached hydrogens (tertiary/aromatic N) is 1. The van der Waals surface area contributed by atoms with E-state index in [9.17, 15) is 0 Å². The highest BCUT2D eigenvalue weighted by atomic mass is 15.0. The molecule has 1 aromatic carbocycles. The lowest BCUT2D eigenvalue weighted by molar-refractivity contribution is 0.462. The minimum atomic E-state index is -0.0580. The van der Waals surface area contributed by atoms with Crippen LogP contribution in [0, 0.1) is 6.92 Å². The molecular weight excluding hydrogens is 212 g/mol. The van der Waals surface area contributed by atoms with E-state index in [1.54, 1.807) is 0 Å². The van der Waals surface area contributed by atoms with Crippen LogP contribution in [0.3, 0.4) is 0 Å². The van der Waals surface area contributed by atoms with Gasteiger partial charge >= 0.3 is 0 Å². The maximum absolute atomic E-state index is 6.29. The third kappa shape index (κ3) is 1.73. The van der Waals surface area contributed by atoms with Gasteiger partial charge in [-0.15, -0.1) is 0 Å². The first-order valence-corrected chi connectivity index (χ1v) is 6.05. The number of aromatic amines is 1. The second-order valence-electron chi connectivity index (χ2n) is 5.05. The normalized spacial score (nSPS) is 19.5. The molecule has 1 aromatic heterocycles. The topological polar surface area (TPSA) is 66.7 Å². The Balaban J connectivity index is 2.04. The Kier molecular flexibility index (Phi) is 2.24. The van der Waals surface area contributed by atoms with E-state index in [1.807, 2.05) is 14.0 Å². The van der Waals surface area contributed by atoms with E-state index in [2.05, 4.69) is 33.5 Å². The molecule has 0 bridgehead atoms. The van der Waals surface area contributed by atoms with Gasteiger partial charge in [-0.05, 0) is 44.5 Å². The van der Waals surface area contributed by atoms with Crippen LogP contribution in [0.4, 0.5) is 0 Å². The van der Waals surface area contributed by atoms with Gasteiger partial charge in [-0.25, -0.2) is 4.98 Å². The predicted octanol–water partition coefficient (Wildman–Crippen LogP) is 1.62. The third-order valence-electron chi connectivity index (χ3n) is 3.65. The van der Waals surface area contributed by atoms with Crippen molar-refractivity contribution in [2.24, 2.45) is 5.73 Å². The summed E-state index contributed by atoms with van der Waals surface area (Å²) in [6.45, 7) is 1.97. The Morgan fingerprint density at radius 1 is 1.47 bits per heavy atom. The fraction of sp³-hybridized carbons (Fsp3) is 0.462. The van der Waals surface area contributed by atoms with Crippen molar-refractivity contribution in [2.75, 3.05) is 7.05 Å². The fourth-order valence-electron chi connectivity index (χ4n) is 2.55. The van der Waals surface area contributed by atoms with Crippen molar-refractivity contribution < 1.29 is 0 Å². The average Bonchev–Trinajstić information content (AvgIpc) is 2.90. The summed E-state index contributed by atoms with van der Waals surface area (Å²) in [5.41, 5.74) is 9.58. The number of hydrogen-bond acceptors (Lipinski definition) is 3. The van der Waals surface area contributed by atoms with Crippen LogP contribution in [0.25, 0.3) is 11.0 Å². The highest BCUT2D eigenvalue weighted by molar-refractivity contribution is 5.76. The SMILES string of the molecule is CNC(c1ccc2nc(C)[nH]c2c1)C1(N)CC1. The fourth-order valence-corrected chi connectivity index (χ4v) is 2.55. The number of fused-ring (bicyclic) bond motifs is 1. The van der Waals surface area contributed by atoms with Gasteiger partial charge in [-0.2, -0.15) is 0 Å². The van der Waals surface area contributed by atoms with E-state index >= 15 is 0 Å². The molecule has 90 valence electrons. The molecule has 0 aliphatic heterocycles. The maximum atomic E-state index is 6.29. The number of aryl methyl sites for hydroxylation is 1. The second kappa shape index (κ2) is 3.55. The van der Waals surface area contributed by atoms with Gasteiger partial charge in [-0.3, -0.25) is 0 Å². The van der Waals surface area contributed by atoms with Crippen molar-refractivity contribution in [3.8, 4) is 0 Å². The summed E-state index contributed by atoms with van der Waals surface area (Å²) >= 11 is 0. The van der Waals surface area contributed by atoms with E-state index in [-0.39, 0.29) is 11.6 Å². The van der Waals surface area contributed by atoms with E-state index in [0.717, 1.165) is 29.7 Å². The molecule has 17 heavy (non-hydrogen) atoms. The first-order valence-electron chi connectivity index (χ1n) is 6.05. The zero-order valence-electron chi connectivity index (χ0n) is 10.2. The number of likely N-dealkylation sites (N-methyl/N-ethyl adjacent to an activating group) is 1. The van der Waals surface area contributed by atoms with Crippen LogP contribution in [-0.2, 0) is 0 Å². The van der Waals surface area contributed by atoms with Crippen molar-refractivity contribution in [3.05, 3.63) is 29.6 Å². The number of nitrogens with two attached hydrogens (primary N) is 1. The quantitative estimate of drug-likeness (QED) is 0.750. The first-order chi connectivity index (χ1) is 8.12. The number of rotatable bonds is 3. The molecule has 0 radical (unpaired) electrons. The largest absolute Gasteiger partial charge is 0.342 e. The molecule has 4 nitrogen and oxygen atoms in total. The van der Waals surface area contributed by atoms with Crippen molar-refractivity contribution in [1.29, 1.82) is 0 Å². The van der Waals surface area contributed by atoms with Gasteiger partial charge in [0.2, 0.25) is 0 Å². The number of imidazole rings is 1. The molecule has 0 saturated heterocycles. The number of H-pyrrole nitrogens is 1. The first kappa shape index (κ1) is 10.7. The molecule has 1 unspecified atom stereocenters. The van der Waals surface area contributed by atoms with Gasteiger partial charge in [0, 0.05) is 5.54 Å². The lowest BCUT2D eigenvalue weighted by Gasteiger charge is -2.23. The summed E-state index contributed by atoms with van der Waals surface area (Å²) in [6, 6.07) is 6.57. The third-order valence-corrected chi connectivity index (χ3v) is 3.65. The summed E-state index contributed by atoms with van der Waals surface area (Å²) < 4.78 is 0. The average molecular weight is 230 g/mol. The van der Waals surface area contributed by atoms with Crippen LogP contribution < -0.4 is 11.1 Å². The molecule has 0 amide bonds. The number of nitrogens with one attached hydrogen (secondary N) is 2. The minimum Gasteiger partial charge on any atom is -0.342 e. The Bertz CT molecular complexity index is 554. The maximum Gasteiger partial charge on any atom is 0.104 e. The van der Waals surface area contributed by atoms with E-state index in [4.69, 9.17) is 5.73 Å². The summed E-state index contributed by atoms with van der Waals surface area (Å²) in [4.78, 5) is 7.68.